The summed E-state index contributed by atoms with van der Waals surface area (Å²) >= 11 is 0. The van der Waals surface area contributed by atoms with E-state index in [1.54, 1.807) is 12.1 Å². The summed E-state index contributed by atoms with van der Waals surface area (Å²) in [5.41, 5.74) is 6.44. The van der Waals surface area contributed by atoms with Crippen molar-refractivity contribution in [3.63, 3.8) is 0 Å². The second-order valence-electron chi connectivity index (χ2n) is 3.69. The molecular formula is C12H15NO5. The first-order chi connectivity index (χ1) is 8.74. The number of hydrogen-bond acceptors (Lipinski definition) is 6. The van der Waals surface area contributed by atoms with Gasteiger partial charge in [0, 0.05) is 18.2 Å². The van der Waals surface area contributed by atoms with Crippen molar-refractivity contribution < 1.29 is 23.7 Å². The van der Waals surface area contributed by atoms with E-state index in [0.717, 1.165) is 5.56 Å². The van der Waals surface area contributed by atoms with Crippen molar-refractivity contribution >= 4 is 5.97 Å². The minimum absolute atomic E-state index is 0.189. The maximum atomic E-state index is 11.0. The van der Waals surface area contributed by atoms with E-state index in [1.807, 2.05) is 0 Å². The third kappa shape index (κ3) is 2.65. The molecule has 0 fully saturated rings. The zero-order valence-corrected chi connectivity index (χ0v) is 10.1. The molecule has 18 heavy (non-hydrogen) atoms. The van der Waals surface area contributed by atoms with Crippen molar-refractivity contribution in [1.82, 2.24) is 0 Å². The Bertz CT molecular complexity index is 446. The molecule has 0 atom stereocenters. The quantitative estimate of drug-likeness (QED) is 0.782. The monoisotopic (exact) mass is 253 g/mol. The van der Waals surface area contributed by atoms with Gasteiger partial charge in [-0.3, -0.25) is 4.79 Å². The van der Waals surface area contributed by atoms with Crippen molar-refractivity contribution in [3.8, 4) is 17.2 Å². The summed E-state index contributed by atoms with van der Waals surface area (Å²) in [4.78, 5) is 11.0. The Morgan fingerprint density at radius 1 is 1.39 bits per heavy atom. The van der Waals surface area contributed by atoms with Gasteiger partial charge in [-0.1, -0.05) is 0 Å². The second-order valence-corrected chi connectivity index (χ2v) is 3.69. The van der Waals surface area contributed by atoms with Crippen LogP contribution in [0.1, 0.15) is 12.0 Å². The number of methoxy groups -OCH3 is 1. The van der Waals surface area contributed by atoms with Crippen LogP contribution in [0.5, 0.6) is 17.2 Å². The second kappa shape index (κ2) is 5.59. The number of carbonyl (C=O) groups excluding carboxylic acids is 1. The average Bonchev–Trinajstić information content (AvgIpc) is 2.84. The fraction of sp³-hybridized carbons (Fsp3) is 0.417. The topological polar surface area (TPSA) is 80.0 Å². The standard InChI is InChI=1S/C12H15NO5/c1-15-12(14)2-3-16-9-5-11-10(17-7-18-11)4-8(9)6-13/h4-5H,2-3,6-7,13H2,1H3. The molecule has 0 bridgehead atoms. The first-order valence-corrected chi connectivity index (χ1v) is 5.56. The lowest BCUT2D eigenvalue weighted by Crippen LogP contribution is -2.09. The molecule has 1 aliphatic heterocycles. The molecule has 0 aliphatic carbocycles. The van der Waals surface area contributed by atoms with Gasteiger partial charge in [0.25, 0.3) is 0 Å². The Labute approximate surface area is 105 Å². The van der Waals surface area contributed by atoms with Crippen molar-refractivity contribution in [1.29, 1.82) is 0 Å². The van der Waals surface area contributed by atoms with Gasteiger partial charge in [0.1, 0.15) is 5.75 Å². The van der Waals surface area contributed by atoms with Crippen LogP contribution in [-0.4, -0.2) is 26.5 Å². The van der Waals surface area contributed by atoms with Gasteiger partial charge >= 0.3 is 5.97 Å². The largest absolute Gasteiger partial charge is 0.493 e. The Kier molecular flexibility index (Phi) is 3.88. The van der Waals surface area contributed by atoms with Crippen LogP contribution in [-0.2, 0) is 16.1 Å². The van der Waals surface area contributed by atoms with Gasteiger partial charge in [-0.25, -0.2) is 0 Å². The van der Waals surface area contributed by atoms with Crippen molar-refractivity contribution in [2.24, 2.45) is 5.73 Å². The third-order valence-electron chi connectivity index (χ3n) is 2.57. The summed E-state index contributed by atoms with van der Waals surface area (Å²) in [6.45, 7) is 0.758. The van der Waals surface area contributed by atoms with Crippen LogP contribution in [0.4, 0.5) is 0 Å². The lowest BCUT2D eigenvalue weighted by atomic mass is 10.2. The van der Waals surface area contributed by atoms with Gasteiger partial charge in [-0.15, -0.1) is 0 Å². The number of fused-ring (bicyclic) bond motifs is 1. The minimum atomic E-state index is -0.315. The molecule has 6 heteroatoms. The highest BCUT2D eigenvalue weighted by molar-refractivity contribution is 5.69. The molecule has 98 valence electrons. The minimum Gasteiger partial charge on any atom is -0.493 e. The van der Waals surface area contributed by atoms with Crippen LogP contribution in [0.3, 0.4) is 0 Å². The zero-order valence-electron chi connectivity index (χ0n) is 10.1. The number of esters is 1. The summed E-state index contributed by atoms with van der Waals surface area (Å²) in [5, 5.41) is 0. The summed E-state index contributed by atoms with van der Waals surface area (Å²) in [7, 11) is 1.34. The van der Waals surface area contributed by atoms with Gasteiger partial charge in [0.05, 0.1) is 20.1 Å². The highest BCUT2D eigenvalue weighted by Gasteiger charge is 2.17. The normalized spacial score (nSPS) is 12.3. The van der Waals surface area contributed by atoms with Gasteiger partial charge in [0.15, 0.2) is 11.5 Å². The lowest BCUT2D eigenvalue weighted by molar-refractivity contribution is -0.141. The summed E-state index contributed by atoms with van der Waals surface area (Å²) in [5.74, 6) is 1.58. The molecule has 0 spiro atoms. The number of benzene rings is 1. The number of ether oxygens (including phenoxy) is 4. The van der Waals surface area contributed by atoms with Gasteiger partial charge in [-0.05, 0) is 6.07 Å². The van der Waals surface area contributed by atoms with E-state index in [-0.39, 0.29) is 25.8 Å². The molecule has 1 aromatic rings. The van der Waals surface area contributed by atoms with Crippen molar-refractivity contribution in [3.05, 3.63) is 17.7 Å². The smallest absolute Gasteiger partial charge is 0.308 e. The predicted molar refractivity (Wildman–Crippen MR) is 62.6 cm³/mol. The summed E-state index contributed by atoms with van der Waals surface area (Å²) in [6, 6.07) is 3.51. The Morgan fingerprint density at radius 2 is 2.11 bits per heavy atom. The number of nitrogens with two attached hydrogens (primary N) is 1. The Balaban J connectivity index is 2.05. The molecular weight excluding hydrogens is 238 g/mol. The fourth-order valence-corrected chi connectivity index (χ4v) is 1.61. The van der Waals surface area contributed by atoms with Gasteiger partial charge in [0.2, 0.25) is 6.79 Å². The van der Waals surface area contributed by atoms with Gasteiger partial charge < -0.3 is 24.7 Å². The molecule has 0 unspecified atom stereocenters. The third-order valence-corrected chi connectivity index (χ3v) is 2.57. The highest BCUT2D eigenvalue weighted by atomic mass is 16.7. The molecule has 0 saturated carbocycles. The van der Waals surface area contributed by atoms with Crippen LogP contribution < -0.4 is 19.9 Å². The number of carbonyl (C=O) groups is 1. The molecule has 1 aromatic carbocycles. The van der Waals surface area contributed by atoms with E-state index >= 15 is 0 Å². The first-order valence-electron chi connectivity index (χ1n) is 5.56. The van der Waals surface area contributed by atoms with Crippen LogP contribution in [0.2, 0.25) is 0 Å². The van der Waals surface area contributed by atoms with Crippen LogP contribution >= 0.6 is 0 Å². The van der Waals surface area contributed by atoms with E-state index < -0.39 is 0 Å². The van der Waals surface area contributed by atoms with E-state index in [2.05, 4.69) is 4.74 Å². The predicted octanol–water partition coefficient (Wildman–Crippen LogP) is 0.816. The van der Waals surface area contributed by atoms with E-state index in [1.165, 1.54) is 7.11 Å². The molecule has 0 aromatic heterocycles. The molecule has 2 rings (SSSR count). The lowest BCUT2D eigenvalue weighted by Gasteiger charge is -2.11. The molecule has 0 amide bonds. The first kappa shape index (κ1) is 12.5. The van der Waals surface area contributed by atoms with Crippen LogP contribution in [0, 0.1) is 0 Å². The molecule has 0 saturated heterocycles. The Morgan fingerprint density at radius 3 is 2.78 bits per heavy atom. The molecule has 1 aliphatic rings. The number of hydrogen-bond donors (Lipinski definition) is 1. The summed E-state index contributed by atoms with van der Waals surface area (Å²) < 4.78 is 20.5. The SMILES string of the molecule is COC(=O)CCOc1cc2c(cc1CN)OCO2. The van der Waals surface area contributed by atoms with E-state index in [9.17, 15) is 4.79 Å². The van der Waals surface area contributed by atoms with Crippen LogP contribution in [0.15, 0.2) is 12.1 Å². The number of rotatable bonds is 5. The summed E-state index contributed by atoms with van der Waals surface area (Å²) in [6.07, 6.45) is 0.189. The molecule has 1 heterocycles. The van der Waals surface area contributed by atoms with Crippen LogP contribution in [0.25, 0.3) is 0 Å². The zero-order chi connectivity index (χ0) is 13.0. The maximum absolute atomic E-state index is 11.0. The van der Waals surface area contributed by atoms with Gasteiger partial charge in [-0.2, -0.15) is 0 Å². The van der Waals surface area contributed by atoms with E-state index in [4.69, 9.17) is 19.9 Å². The molecule has 2 N–H and O–H groups in total. The maximum Gasteiger partial charge on any atom is 0.308 e. The van der Waals surface area contributed by atoms with E-state index in [0.29, 0.717) is 23.8 Å². The highest BCUT2D eigenvalue weighted by Crippen LogP contribution is 2.38. The average molecular weight is 253 g/mol. The molecule has 0 radical (unpaired) electrons. The fourth-order valence-electron chi connectivity index (χ4n) is 1.61. The van der Waals surface area contributed by atoms with Crippen molar-refractivity contribution in [2.45, 2.75) is 13.0 Å². The van der Waals surface area contributed by atoms with Crippen molar-refractivity contribution in [2.75, 3.05) is 20.5 Å². The molecule has 6 nitrogen and oxygen atoms in total. The Hall–Kier alpha value is -1.95.